The Morgan fingerprint density at radius 3 is 2.28 bits per heavy atom. The van der Waals surface area contributed by atoms with E-state index in [-0.39, 0.29) is 24.6 Å². The van der Waals surface area contributed by atoms with Crippen LogP contribution in [0.25, 0.3) is 11.4 Å². The number of benzene rings is 2. The van der Waals surface area contributed by atoms with Crippen LogP contribution in [-0.4, -0.2) is 42.2 Å². The van der Waals surface area contributed by atoms with Gasteiger partial charge in [-0.1, -0.05) is 29.6 Å². The maximum atomic E-state index is 11.1. The molecule has 9 heteroatoms. The van der Waals surface area contributed by atoms with Crippen LogP contribution in [0, 0.1) is 19.9 Å². The minimum atomic E-state index is -0.786. The zero-order chi connectivity index (χ0) is 23.0. The van der Waals surface area contributed by atoms with Gasteiger partial charge in [0.2, 0.25) is 5.97 Å². The molecule has 3 aromatic rings. The first kappa shape index (κ1) is 26.9. The summed E-state index contributed by atoms with van der Waals surface area (Å²) < 4.78 is 15.9. The van der Waals surface area contributed by atoms with E-state index in [1.54, 1.807) is 38.5 Å². The van der Waals surface area contributed by atoms with Gasteiger partial charge in [-0.05, 0) is 36.1 Å². The molecule has 0 aliphatic rings. The fraction of sp³-hybridized carbons (Fsp3) is 0.130. The summed E-state index contributed by atoms with van der Waals surface area (Å²) in [6.45, 7) is 7.54. The van der Waals surface area contributed by atoms with Crippen LogP contribution in [0.1, 0.15) is 16.8 Å². The van der Waals surface area contributed by atoms with Crippen molar-refractivity contribution < 1.29 is 43.0 Å². The van der Waals surface area contributed by atoms with E-state index < -0.39 is 11.7 Å². The van der Waals surface area contributed by atoms with E-state index in [0.717, 1.165) is 17.1 Å². The van der Waals surface area contributed by atoms with Crippen LogP contribution >= 0.6 is 11.6 Å². The molecule has 0 atom stereocenters. The quantitative estimate of drug-likeness (QED) is 0.209. The number of halogens is 1. The van der Waals surface area contributed by atoms with Crippen molar-refractivity contribution in [2.24, 2.45) is 0 Å². The van der Waals surface area contributed by atoms with Crippen molar-refractivity contribution in [3.05, 3.63) is 90.4 Å². The zero-order valence-electron chi connectivity index (χ0n) is 18.4. The van der Waals surface area contributed by atoms with E-state index in [9.17, 15) is 9.90 Å². The molecule has 0 saturated carbocycles. The van der Waals surface area contributed by atoms with Gasteiger partial charge >= 0.3 is 18.9 Å². The molecule has 0 unspecified atom stereocenters. The van der Waals surface area contributed by atoms with Gasteiger partial charge in [0.25, 0.3) is 0 Å². The summed E-state index contributed by atoms with van der Waals surface area (Å²) in [5, 5.41) is 14.7. The first-order valence-electron chi connectivity index (χ1n) is 8.91. The molecule has 3 rings (SSSR count). The maximum Gasteiger partial charge on any atom is 1.00 e. The number of hydrogen-bond donors (Lipinski definition) is 1. The number of carbonyl (C=O) groups is 1. The Hall–Kier alpha value is -3.11. The van der Waals surface area contributed by atoms with Gasteiger partial charge < -0.3 is 24.0 Å². The molecule has 1 N–H and O–H groups in total. The summed E-state index contributed by atoms with van der Waals surface area (Å²) in [5.41, 5.74) is 2.25. The number of esters is 1. The SMILES string of the molecule is [CH2-]c1ccc(OC)cc1OC.[CH2-]c1cnn(-c2ccc(Cl)cc2)c1C(O)=[C-]C(=O)OC.[Li+]. The van der Waals surface area contributed by atoms with Crippen molar-refractivity contribution in [2.75, 3.05) is 21.3 Å². The number of carbonyl (C=O) groups excluding carboxylic acids is 1. The Morgan fingerprint density at radius 1 is 1.06 bits per heavy atom. The molecule has 0 bridgehead atoms. The van der Waals surface area contributed by atoms with Gasteiger partial charge in [0, 0.05) is 16.5 Å². The Kier molecular flexibility index (Phi) is 10.7. The minimum Gasteiger partial charge on any atom is -0.553 e. The number of aliphatic hydroxyl groups is 1. The normalized spacial score (nSPS) is 10.3. The van der Waals surface area contributed by atoms with Crippen molar-refractivity contribution in [1.29, 1.82) is 0 Å². The molecule has 2 aromatic carbocycles. The Morgan fingerprint density at radius 2 is 1.72 bits per heavy atom. The van der Waals surface area contributed by atoms with Crippen molar-refractivity contribution in [3.63, 3.8) is 0 Å². The summed E-state index contributed by atoms with van der Waals surface area (Å²) in [4.78, 5) is 11.1. The molecular formula is C23H22ClLiN2O5-2. The summed E-state index contributed by atoms with van der Waals surface area (Å²) in [7, 11) is 4.44. The van der Waals surface area contributed by atoms with Gasteiger partial charge in [0.05, 0.1) is 27.1 Å². The van der Waals surface area contributed by atoms with Crippen LogP contribution < -0.4 is 28.3 Å². The van der Waals surface area contributed by atoms with Gasteiger partial charge in [-0.3, -0.25) is 9.89 Å². The van der Waals surface area contributed by atoms with Gasteiger partial charge in [0.15, 0.2) is 0 Å². The summed E-state index contributed by atoms with van der Waals surface area (Å²) in [6.07, 6.45) is 3.65. The standard InChI is InChI=1S/C14H11ClN2O3.C9H11O2.Li/c1-9-8-16-17(11-5-3-10(15)4-6-11)14(9)12(18)7-13(19)20-2;1-7-4-5-8(10-2)6-9(7)11-3;/h3-6,8,18H,1H2,2H3;4-6H,1H2,2-3H3;/q-2;-1;+1. The fourth-order valence-electron chi connectivity index (χ4n) is 2.47. The van der Waals surface area contributed by atoms with E-state index in [1.165, 1.54) is 18.0 Å². The smallest absolute Gasteiger partial charge is 0.553 e. The molecule has 0 spiro atoms. The van der Waals surface area contributed by atoms with Crippen LogP contribution in [-0.2, 0) is 9.53 Å². The van der Waals surface area contributed by atoms with Crippen LogP contribution in [0.15, 0.2) is 48.7 Å². The first-order valence-corrected chi connectivity index (χ1v) is 9.29. The average molecular weight is 449 g/mol. The van der Waals surface area contributed by atoms with E-state index >= 15 is 0 Å². The number of aliphatic hydroxyl groups excluding tert-OH is 1. The summed E-state index contributed by atoms with van der Waals surface area (Å²) in [6, 6.07) is 12.4. The maximum absolute atomic E-state index is 11.1. The topological polar surface area (TPSA) is 82.8 Å². The molecule has 0 fully saturated rings. The molecule has 0 aliphatic heterocycles. The number of methoxy groups -OCH3 is 3. The molecule has 0 saturated heterocycles. The molecule has 7 nitrogen and oxygen atoms in total. The number of ether oxygens (including phenoxy) is 3. The Bertz CT molecular complexity index is 1060. The predicted octanol–water partition coefficient (Wildman–Crippen LogP) is 1.47. The second-order valence-corrected chi connectivity index (χ2v) is 6.49. The number of aromatic nitrogens is 2. The van der Waals surface area contributed by atoms with Crippen LogP contribution in [0.4, 0.5) is 0 Å². The number of rotatable bonds is 5. The van der Waals surface area contributed by atoms with Crippen molar-refractivity contribution >= 4 is 23.3 Å². The minimum absolute atomic E-state index is 0. The van der Waals surface area contributed by atoms with Crippen LogP contribution in [0.5, 0.6) is 11.5 Å². The molecule has 0 radical (unpaired) electrons. The van der Waals surface area contributed by atoms with Gasteiger partial charge in [-0.25, -0.2) is 6.92 Å². The van der Waals surface area contributed by atoms with Crippen LogP contribution in [0.3, 0.4) is 0 Å². The van der Waals surface area contributed by atoms with Crippen molar-refractivity contribution in [1.82, 2.24) is 9.78 Å². The predicted molar refractivity (Wildman–Crippen MR) is 118 cm³/mol. The third kappa shape index (κ3) is 6.96. The van der Waals surface area contributed by atoms with Gasteiger partial charge in [-0.2, -0.15) is 24.1 Å². The number of nitrogens with zero attached hydrogens (tertiary/aromatic N) is 2. The molecule has 32 heavy (non-hydrogen) atoms. The van der Waals surface area contributed by atoms with E-state index in [1.807, 2.05) is 18.2 Å². The summed E-state index contributed by atoms with van der Waals surface area (Å²) in [5.74, 6) is 0.360. The van der Waals surface area contributed by atoms with E-state index in [0.29, 0.717) is 16.3 Å². The van der Waals surface area contributed by atoms with Crippen molar-refractivity contribution in [2.45, 2.75) is 0 Å². The van der Waals surface area contributed by atoms with Gasteiger partial charge in [-0.15, -0.1) is 6.08 Å². The van der Waals surface area contributed by atoms with E-state index in [4.69, 9.17) is 21.1 Å². The van der Waals surface area contributed by atoms with Gasteiger partial charge in [0.1, 0.15) is 0 Å². The first-order chi connectivity index (χ1) is 14.8. The number of hydrogen-bond acceptors (Lipinski definition) is 6. The second-order valence-electron chi connectivity index (χ2n) is 6.05. The molecule has 0 aliphatic carbocycles. The molecule has 1 aromatic heterocycles. The largest absolute Gasteiger partial charge is 1.00 e. The van der Waals surface area contributed by atoms with E-state index in [2.05, 4.69) is 29.8 Å². The third-order valence-corrected chi connectivity index (χ3v) is 4.29. The zero-order valence-corrected chi connectivity index (χ0v) is 19.1. The Balaban J connectivity index is 0.000000364. The second kappa shape index (κ2) is 12.7. The Labute approximate surface area is 204 Å². The fourth-order valence-corrected chi connectivity index (χ4v) is 2.60. The van der Waals surface area contributed by atoms with Crippen LogP contribution in [0.2, 0.25) is 5.02 Å². The summed E-state index contributed by atoms with van der Waals surface area (Å²) >= 11 is 5.82. The molecule has 1 heterocycles. The van der Waals surface area contributed by atoms with Crippen molar-refractivity contribution in [3.8, 4) is 17.2 Å². The molecule has 0 amide bonds. The molecular weight excluding hydrogens is 427 g/mol. The third-order valence-electron chi connectivity index (χ3n) is 4.04. The monoisotopic (exact) mass is 448 g/mol. The molecule has 164 valence electrons. The average Bonchev–Trinajstić information content (AvgIpc) is 3.16.